The van der Waals surface area contributed by atoms with Crippen LogP contribution in [0, 0.1) is 0 Å². The van der Waals surface area contributed by atoms with Crippen LogP contribution < -0.4 is 5.32 Å². The summed E-state index contributed by atoms with van der Waals surface area (Å²) in [5.74, 6) is 0. The molecule has 0 aliphatic carbocycles. The molecule has 0 aliphatic heterocycles. The van der Waals surface area contributed by atoms with Gasteiger partial charge in [0.1, 0.15) is 0 Å². The van der Waals surface area contributed by atoms with Gasteiger partial charge in [-0.25, -0.2) is 0 Å². The summed E-state index contributed by atoms with van der Waals surface area (Å²) in [6, 6.07) is 11.1. The number of aliphatic hydroxyl groups is 1. The molecular formula is C13H17NOS. The highest BCUT2D eigenvalue weighted by Crippen LogP contribution is 2.29. The van der Waals surface area contributed by atoms with Gasteiger partial charge in [0.05, 0.1) is 6.61 Å². The predicted octanol–water partition coefficient (Wildman–Crippen LogP) is 2.93. The Morgan fingerprint density at radius 2 is 2.06 bits per heavy atom. The van der Waals surface area contributed by atoms with Crippen molar-refractivity contribution in [1.29, 1.82) is 0 Å². The molecule has 1 heterocycles. The van der Waals surface area contributed by atoms with Crippen molar-refractivity contribution in [2.75, 3.05) is 6.61 Å². The summed E-state index contributed by atoms with van der Waals surface area (Å²) in [5, 5.41) is 13.7. The van der Waals surface area contributed by atoms with E-state index in [1.165, 1.54) is 15.0 Å². The standard InChI is InChI=1S/C13H17NOS/c1-9(8-15)14-10(2)13-7-11-5-3-4-6-12(11)16-13/h3-7,9-10,14-15H,8H2,1-2H3. The van der Waals surface area contributed by atoms with E-state index in [0.29, 0.717) is 6.04 Å². The fourth-order valence-corrected chi connectivity index (χ4v) is 2.85. The molecule has 2 unspecified atom stereocenters. The first-order valence-corrected chi connectivity index (χ1v) is 6.37. The molecule has 0 aliphatic rings. The third kappa shape index (κ3) is 2.43. The van der Waals surface area contributed by atoms with E-state index in [0.717, 1.165) is 0 Å². The Balaban J connectivity index is 2.19. The number of aliphatic hydroxyl groups excluding tert-OH is 1. The van der Waals surface area contributed by atoms with Gasteiger partial charge in [0.2, 0.25) is 0 Å². The quantitative estimate of drug-likeness (QED) is 0.854. The molecule has 1 aromatic heterocycles. The van der Waals surface area contributed by atoms with Gasteiger partial charge >= 0.3 is 0 Å². The number of rotatable bonds is 4. The summed E-state index contributed by atoms with van der Waals surface area (Å²) in [6.45, 7) is 4.30. The highest BCUT2D eigenvalue weighted by atomic mass is 32.1. The smallest absolute Gasteiger partial charge is 0.0582 e. The van der Waals surface area contributed by atoms with Gasteiger partial charge in [-0.15, -0.1) is 11.3 Å². The van der Waals surface area contributed by atoms with Crippen LogP contribution in [0.15, 0.2) is 30.3 Å². The van der Waals surface area contributed by atoms with Crippen molar-refractivity contribution in [2.24, 2.45) is 0 Å². The van der Waals surface area contributed by atoms with Crippen LogP contribution in [-0.4, -0.2) is 17.8 Å². The maximum absolute atomic E-state index is 9.01. The second kappa shape index (κ2) is 4.95. The van der Waals surface area contributed by atoms with Gasteiger partial charge in [-0.1, -0.05) is 18.2 Å². The molecule has 2 N–H and O–H groups in total. The van der Waals surface area contributed by atoms with Gasteiger partial charge in [0.25, 0.3) is 0 Å². The molecular weight excluding hydrogens is 218 g/mol. The minimum atomic E-state index is 0.139. The Labute approximate surface area is 99.9 Å². The van der Waals surface area contributed by atoms with E-state index in [1.807, 2.05) is 18.3 Å². The van der Waals surface area contributed by atoms with Gasteiger partial charge in [0, 0.05) is 21.7 Å². The number of fused-ring (bicyclic) bond motifs is 1. The van der Waals surface area contributed by atoms with Crippen molar-refractivity contribution < 1.29 is 5.11 Å². The molecule has 2 nitrogen and oxygen atoms in total. The Morgan fingerprint density at radius 3 is 2.75 bits per heavy atom. The van der Waals surface area contributed by atoms with Crippen molar-refractivity contribution in [2.45, 2.75) is 25.9 Å². The molecule has 0 saturated carbocycles. The number of nitrogens with one attached hydrogen (secondary N) is 1. The van der Waals surface area contributed by atoms with Crippen molar-refractivity contribution in [1.82, 2.24) is 5.32 Å². The lowest BCUT2D eigenvalue weighted by Crippen LogP contribution is -2.31. The summed E-state index contributed by atoms with van der Waals surface area (Å²) < 4.78 is 1.32. The summed E-state index contributed by atoms with van der Waals surface area (Å²) >= 11 is 1.81. The van der Waals surface area contributed by atoms with Crippen LogP contribution in [0.5, 0.6) is 0 Å². The zero-order chi connectivity index (χ0) is 11.5. The second-order valence-electron chi connectivity index (χ2n) is 4.16. The first-order chi connectivity index (χ1) is 7.70. The topological polar surface area (TPSA) is 32.3 Å². The van der Waals surface area contributed by atoms with E-state index in [9.17, 15) is 0 Å². The summed E-state index contributed by atoms with van der Waals surface area (Å²) in [4.78, 5) is 1.32. The summed E-state index contributed by atoms with van der Waals surface area (Å²) in [7, 11) is 0. The van der Waals surface area contributed by atoms with E-state index in [-0.39, 0.29) is 12.6 Å². The maximum Gasteiger partial charge on any atom is 0.0582 e. The largest absolute Gasteiger partial charge is 0.395 e. The average Bonchev–Trinajstić information content (AvgIpc) is 2.72. The van der Waals surface area contributed by atoms with Crippen LogP contribution in [-0.2, 0) is 0 Å². The monoisotopic (exact) mass is 235 g/mol. The molecule has 1 aromatic carbocycles. The van der Waals surface area contributed by atoms with Crippen LogP contribution in [0.4, 0.5) is 0 Å². The SMILES string of the molecule is CC(CO)NC(C)c1cc2ccccc2s1. The zero-order valence-corrected chi connectivity index (χ0v) is 10.4. The highest BCUT2D eigenvalue weighted by Gasteiger charge is 2.11. The average molecular weight is 235 g/mol. The van der Waals surface area contributed by atoms with Crippen molar-refractivity contribution >= 4 is 21.4 Å². The highest BCUT2D eigenvalue weighted by molar-refractivity contribution is 7.19. The van der Waals surface area contributed by atoms with Crippen molar-refractivity contribution in [3.63, 3.8) is 0 Å². The van der Waals surface area contributed by atoms with E-state index in [1.54, 1.807) is 0 Å². The number of thiophene rings is 1. The van der Waals surface area contributed by atoms with Gasteiger partial charge in [0.15, 0.2) is 0 Å². The maximum atomic E-state index is 9.01. The van der Waals surface area contributed by atoms with Crippen LogP contribution in [0.2, 0.25) is 0 Å². The van der Waals surface area contributed by atoms with Crippen LogP contribution >= 0.6 is 11.3 Å². The number of hydrogen-bond acceptors (Lipinski definition) is 3. The molecule has 0 amide bonds. The fraction of sp³-hybridized carbons (Fsp3) is 0.385. The lowest BCUT2D eigenvalue weighted by atomic mass is 10.2. The van der Waals surface area contributed by atoms with Gasteiger partial charge in [-0.2, -0.15) is 0 Å². The van der Waals surface area contributed by atoms with Crippen molar-refractivity contribution in [3.05, 3.63) is 35.2 Å². The Hall–Kier alpha value is -0.900. The van der Waals surface area contributed by atoms with Crippen LogP contribution in [0.25, 0.3) is 10.1 Å². The molecule has 0 radical (unpaired) electrons. The van der Waals surface area contributed by atoms with Gasteiger partial charge in [-0.05, 0) is 31.4 Å². The predicted molar refractivity (Wildman–Crippen MR) is 69.9 cm³/mol. The lowest BCUT2D eigenvalue weighted by molar-refractivity contribution is 0.243. The number of hydrogen-bond donors (Lipinski definition) is 2. The first-order valence-electron chi connectivity index (χ1n) is 5.56. The summed E-state index contributed by atoms with van der Waals surface area (Å²) in [5.41, 5.74) is 0. The molecule has 16 heavy (non-hydrogen) atoms. The summed E-state index contributed by atoms with van der Waals surface area (Å²) in [6.07, 6.45) is 0. The number of benzene rings is 1. The molecule has 3 heteroatoms. The molecule has 2 atom stereocenters. The zero-order valence-electron chi connectivity index (χ0n) is 9.60. The Morgan fingerprint density at radius 1 is 1.31 bits per heavy atom. The lowest BCUT2D eigenvalue weighted by Gasteiger charge is -2.16. The minimum Gasteiger partial charge on any atom is -0.395 e. The Bertz CT molecular complexity index is 433. The minimum absolute atomic E-state index is 0.139. The second-order valence-corrected chi connectivity index (χ2v) is 5.27. The van der Waals surface area contributed by atoms with Crippen LogP contribution in [0.3, 0.4) is 0 Å². The first kappa shape index (κ1) is 11.6. The van der Waals surface area contributed by atoms with Crippen molar-refractivity contribution in [3.8, 4) is 0 Å². The van der Waals surface area contributed by atoms with Crippen LogP contribution in [0.1, 0.15) is 24.8 Å². The third-order valence-electron chi connectivity index (χ3n) is 2.68. The molecule has 0 bridgehead atoms. The normalized spacial score (nSPS) is 15.2. The fourth-order valence-electron chi connectivity index (χ4n) is 1.78. The third-order valence-corrected chi connectivity index (χ3v) is 3.98. The van der Waals surface area contributed by atoms with E-state index >= 15 is 0 Å². The van der Waals surface area contributed by atoms with E-state index in [2.05, 4.69) is 42.6 Å². The molecule has 2 rings (SSSR count). The van der Waals surface area contributed by atoms with Gasteiger partial charge in [-0.3, -0.25) is 0 Å². The van der Waals surface area contributed by atoms with Gasteiger partial charge < -0.3 is 10.4 Å². The molecule has 0 spiro atoms. The Kier molecular flexibility index (Phi) is 3.59. The molecule has 86 valence electrons. The van der Waals surface area contributed by atoms with E-state index < -0.39 is 0 Å². The molecule has 0 saturated heterocycles. The molecule has 0 fully saturated rings. The van der Waals surface area contributed by atoms with E-state index in [4.69, 9.17) is 5.11 Å². The molecule has 2 aromatic rings.